The molecular formula is C11H14O2Si. The van der Waals surface area contributed by atoms with Crippen LogP contribution in [-0.2, 0) is 15.6 Å². The van der Waals surface area contributed by atoms with Crippen LogP contribution < -0.4 is 0 Å². The summed E-state index contributed by atoms with van der Waals surface area (Å²) >= 11 is 0. The zero-order chi connectivity index (χ0) is 10.2. The van der Waals surface area contributed by atoms with Crippen LogP contribution in [0.2, 0.25) is 6.04 Å². The fraction of sp³-hybridized carbons (Fsp3) is 0.182. The maximum Gasteiger partial charge on any atom is 0.296 e. The summed E-state index contributed by atoms with van der Waals surface area (Å²) in [6.45, 7) is 3.58. The van der Waals surface area contributed by atoms with Crippen LogP contribution in [0.15, 0.2) is 43.0 Å². The lowest BCUT2D eigenvalue weighted by molar-refractivity contribution is -0.133. The number of allylic oxidation sites excluding steroid dienone is 1. The van der Waals surface area contributed by atoms with E-state index >= 15 is 0 Å². The Morgan fingerprint density at radius 3 is 2.79 bits per heavy atom. The molecule has 0 heterocycles. The van der Waals surface area contributed by atoms with Crippen molar-refractivity contribution in [3.63, 3.8) is 0 Å². The molecule has 0 spiro atoms. The van der Waals surface area contributed by atoms with Crippen LogP contribution in [0.3, 0.4) is 0 Å². The van der Waals surface area contributed by atoms with Crippen LogP contribution in [0.1, 0.15) is 5.56 Å². The SMILES string of the molecule is C=CC[SiH2]OC(=O)Cc1ccccc1. The Hall–Kier alpha value is -1.35. The third kappa shape index (κ3) is 4.05. The van der Waals surface area contributed by atoms with Gasteiger partial charge in [0.2, 0.25) is 9.76 Å². The first kappa shape index (κ1) is 10.7. The van der Waals surface area contributed by atoms with Crippen LogP contribution >= 0.6 is 0 Å². The van der Waals surface area contributed by atoms with E-state index in [9.17, 15) is 4.79 Å². The fourth-order valence-corrected chi connectivity index (χ4v) is 1.68. The Bertz CT molecular complexity index is 295. The molecule has 0 amide bonds. The highest BCUT2D eigenvalue weighted by molar-refractivity contribution is 6.31. The predicted octanol–water partition coefficient (Wildman–Crippen LogP) is 1.46. The molecule has 0 radical (unpaired) electrons. The standard InChI is InChI=1S/C11H14O2Si/c1-2-8-14-13-11(12)9-10-6-4-3-5-7-10/h2-7H,1,8-9,14H2. The zero-order valence-corrected chi connectivity index (χ0v) is 9.52. The maximum absolute atomic E-state index is 11.3. The van der Waals surface area contributed by atoms with Gasteiger partial charge in [0.15, 0.2) is 0 Å². The fourth-order valence-electron chi connectivity index (χ4n) is 1.07. The van der Waals surface area contributed by atoms with Gasteiger partial charge in [-0.25, -0.2) is 0 Å². The zero-order valence-electron chi connectivity index (χ0n) is 8.11. The Kier molecular flexibility index (Phi) is 4.71. The van der Waals surface area contributed by atoms with E-state index in [1.807, 2.05) is 30.3 Å². The van der Waals surface area contributed by atoms with E-state index in [4.69, 9.17) is 4.43 Å². The van der Waals surface area contributed by atoms with Crippen molar-refractivity contribution < 1.29 is 9.22 Å². The second-order valence-electron chi connectivity index (χ2n) is 2.96. The molecule has 0 unspecified atom stereocenters. The van der Waals surface area contributed by atoms with Crippen molar-refractivity contribution in [1.82, 2.24) is 0 Å². The summed E-state index contributed by atoms with van der Waals surface area (Å²) in [5.74, 6) is -0.121. The third-order valence-corrected chi connectivity index (χ3v) is 2.95. The lowest BCUT2D eigenvalue weighted by atomic mass is 10.2. The minimum absolute atomic E-state index is 0.121. The van der Waals surface area contributed by atoms with E-state index in [0.717, 1.165) is 11.6 Å². The van der Waals surface area contributed by atoms with Crippen LogP contribution in [0, 0.1) is 0 Å². The Morgan fingerprint density at radius 2 is 2.14 bits per heavy atom. The van der Waals surface area contributed by atoms with Gasteiger partial charge < -0.3 is 4.43 Å². The summed E-state index contributed by atoms with van der Waals surface area (Å²) < 4.78 is 5.12. The number of carbonyl (C=O) groups excluding carboxylic acids is 1. The number of carbonyl (C=O) groups is 1. The van der Waals surface area contributed by atoms with Gasteiger partial charge in [0.05, 0.1) is 6.42 Å². The van der Waals surface area contributed by atoms with Crippen LogP contribution in [0.5, 0.6) is 0 Å². The average molecular weight is 206 g/mol. The second-order valence-corrected chi connectivity index (χ2v) is 4.23. The van der Waals surface area contributed by atoms with Crippen molar-refractivity contribution >= 4 is 15.7 Å². The highest BCUT2D eigenvalue weighted by Crippen LogP contribution is 2.00. The highest BCUT2D eigenvalue weighted by atomic mass is 28.2. The molecule has 0 saturated heterocycles. The number of hydrogen-bond donors (Lipinski definition) is 0. The maximum atomic E-state index is 11.3. The molecule has 1 aromatic rings. The van der Waals surface area contributed by atoms with Crippen molar-refractivity contribution in [1.29, 1.82) is 0 Å². The smallest absolute Gasteiger partial charge is 0.296 e. The predicted molar refractivity (Wildman–Crippen MR) is 59.8 cm³/mol. The first-order valence-corrected chi connectivity index (χ1v) is 6.21. The summed E-state index contributed by atoms with van der Waals surface area (Å²) in [6, 6.07) is 10.5. The van der Waals surface area contributed by atoms with Crippen LogP contribution in [0.4, 0.5) is 0 Å². The van der Waals surface area contributed by atoms with E-state index in [1.54, 1.807) is 6.08 Å². The summed E-state index contributed by atoms with van der Waals surface area (Å²) in [6.07, 6.45) is 2.17. The lowest BCUT2D eigenvalue weighted by Gasteiger charge is -2.02. The van der Waals surface area contributed by atoms with Gasteiger partial charge in [0, 0.05) is 0 Å². The van der Waals surface area contributed by atoms with Crippen molar-refractivity contribution in [2.24, 2.45) is 0 Å². The molecule has 0 fully saturated rings. The summed E-state index contributed by atoms with van der Waals surface area (Å²) in [4.78, 5) is 11.3. The minimum Gasteiger partial charge on any atom is -0.524 e. The Morgan fingerprint density at radius 1 is 1.43 bits per heavy atom. The van der Waals surface area contributed by atoms with Crippen molar-refractivity contribution in [3.8, 4) is 0 Å². The Balaban J connectivity index is 2.31. The van der Waals surface area contributed by atoms with E-state index < -0.39 is 9.76 Å². The topological polar surface area (TPSA) is 26.3 Å². The third-order valence-electron chi connectivity index (χ3n) is 1.78. The molecule has 14 heavy (non-hydrogen) atoms. The van der Waals surface area contributed by atoms with Gasteiger partial charge in [-0.15, -0.1) is 6.58 Å². The molecule has 0 aliphatic heterocycles. The molecule has 0 saturated carbocycles. The molecule has 1 rings (SSSR count). The molecule has 0 bridgehead atoms. The van der Waals surface area contributed by atoms with Crippen molar-refractivity contribution in [2.75, 3.05) is 0 Å². The van der Waals surface area contributed by atoms with Crippen molar-refractivity contribution in [2.45, 2.75) is 12.5 Å². The van der Waals surface area contributed by atoms with E-state index in [-0.39, 0.29) is 5.97 Å². The number of rotatable bonds is 5. The highest BCUT2D eigenvalue weighted by Gasteiger charge is 2.02. The number of benzene rings is 1. The average Bonchev–Trinajstić information content (AvgIpc) is 2.20. The number of hydrogen-bond acceptors (Lipinski definition) is 2. The molecule has 1 aromatic carbocycles. The first-order valence-electron chi connectivity index (χ1n) is 4.63. The van der Waals surface area contributed by atoms with E-state index in [1.165, 1.54) is 0 Å². The van der Waals surface area contributed by atoms with Gasteiger partial charge in [-0.1, -0.05) is 36.4 Å². The first-order chi connectivity index (χ1) is 6.83. The second kappa shape index (κ2) is 6.15. The molecule has 0 atom stereocenters. The molecule has 3 heteroatoms. The van der Waals surface area contributed by atoms with E-state index in [2.05, 4.69) is 6.58 Å². The van der Waals surface area contributed by atoms with Crippen LogP contribution in [-0.4, -0.2) is 15.7 Å². The van der Waals surface area contributed by atoms with Gasteiger partial charge in [-0.3, -0.25) is 4.79 Å². The van der Waals surface area contributed by atoms with E-state index in [0.29, 0.717) is 6.42 Å². The summed E-state index contributed by atoms with van der Waals surface area (Å²) in [7, 11) is -0.720. The molecule has 0 N–H and O–H groups in total. The molecule has 0 aromatic heterocycles. The molecule has 0 aliphatic rings. The molecular weight excluding hydrogens is 192 g/mol. The van der Waals surface area contributed by atoms with Gasteiger partial charge in [0.25, 0.3) is 5.97 Å². The van der Waals surface area contributed by atoms with Gasteiger partial charge >= 0.3 is 0 Å². The summed E-state index contributed by atoms with van der Waals surface area (Å²) in [5.41, 5.74) is 1.00. The van der Waals surface area contributed by atoms with Gasteiger partial charge in [0.1, 0.15) is 0 Å². The summed E-state index contributed by atoms with van der Waals surface area (Å²) in [5, 5.41) is 0. The molecule has 0 aliphatic carbocycles. The van der Waals surface area contributed by atoms with Crippen molar-refractivity contribution in [3.05, 3.63) is 48.6 Å². The van der Waals surface area contributed by atoms with Gasteiger partial charge in [-0.2, -0.15) is 0 Å². The normalized spacial score (nSPS) is 10.3. The largest absolute Gasteiger partial charge is 0.524 e. The Labute approximate surface area is 86.5 Å². The quantitative estimate of drug-likeness (QED) is 0.414. The van der Waals surface area contributed by atoms with Crippen LogP contribution in [0.25, 0.3) is 0 Å². The lowest BCUT2D eigenvalue weighted by Crippen LogP contribution is -2.10. The van der Waals surface area contributed by atoms with Gasteiger partial charge in [-0.05, 0) is 11.6 Å². The molecule has 2 nitrogen and oxygen atoms in total. The minimum atomic E-state index is -0.720. The monoisotopic (exact) mass is 206 g/mol. The molecule has 74 valence electrons.